The first-order valence-corrected chi connectivity index (χ1v) is 6.16. The number of aromatic nitrogens is 1. The van der Waals surface area contributed by atoms with E-state index in [2.05, 4.69) is 13.6 Å². The number of nitrogens with zero attached hydrogens (tertiary/aromatic N) is 1. The molecule has 0 saturated heterocycles. The molecular weight excluding hydrogens is 230 g/mol. The average Bonchev–Trinajstić information content (AvgIpc) is 2.74. The third-order valence-corrected chi connectivity index (χ3v) is 1.83. The summed E-state index contributed by atoms with van der Waals surface area (Å²) in [6.07, 6.45) is 5.49. The molecule has 6 heteroatoms. The van der Waals surface area contributed by atoms with Crippen molar-refractivity contribution in [2.24, 2.45) is 0 Å². The van der Waals surface area contributed by atoms with Gasteiger partial charge in [-0.25, -0.2) is 4.98 Å². The predicted molar refractivity (Wildman–Crippen MR) is 58.4 cm³/mol. The summed E-state index contributed by atoms with van der Waals surface area (Å²) in [5, 5.41) is 0. The highest BCUT2D eigenvalue weighted by molar-refractivity contribution is 7.86. The summed E-state index contributed by atoms with van der Waals surface area (Å²) in [6.45, 7) is 0. The van der Waals surface area contributed by atoms with Crippen LogP contribution in [0.15, 0.2) is 53.6 Å². The van der Waals surface area contributed by atoms with Crippen LogP contribution in [0.25, 0.3) is 0 Å². The molecule has 0 atom stereocenters. The van der Waals surface area contributed by atoms with Crippen LogP contribution < -0.4 is 4.18 Å². The second-order valence-corrected chi connectivity index (χ2v) is 4.35. The van der Waals surface area contributed by atoms with Gasteiger partial charge in [-0.3, -0.25) is 0 Å². The highest BCUT2D eigenvalue weighted by Crippen LogP contribution is 2.09. The quantitative estimate of drug-likeness (QED) is 0.748. The molecule has 16 heavy (non-hydrogen) atoms. The highest BCUT2D eigenvalue weighted by Gasteiger charge is 2.01. The van der Waals surface area contributed by atoms with E-state index >= 15 is 0 Å². The summed E-state index contributed by atoms with van der Waals surface area (Å²) in [6, 6.07) is 8.37. The van der Waals surface area contributed by atoms with Gasteiger partial charge in [0.25, 0.3) is 0 Å². The molecule has 0 amide bonds. The van der Waals surface area contributed by atoms with Gasteiger partial charge >= 0.3 is 10.1 Å². The molecule has 86 valence electrons. The first-order valence-electron chi connectivity index (χ1n) is 4.34. The van der Waals surface area contributed by atoms with E-state index in [1.54, 1.807) is 36.5 Å². The van der Waals surface area contributed by atoms with Gasteiger partial charge in [0, 0.05) is 0 Å². The molecule has 0 saturated carbocycles. The molecule has 0 spiro atoms. The van der Waals surface area contributed by atoms with Crippen LogP contribution in [0.2, 0.25) is 0 Å². The SMILES string of the molecule is CS(=O)(=O)Oc1ccccc1.c1cocn1. The van der Waals surface area contributed by atoms with Crippen LogP contribution in [0.3, 0.4) is 0 Å². The van der Waals surface area contributed by atoms with Gasteiger partial charge in [0.15, 0.2) is 6.39 Å². The van der Waals surface area contributed by atoms with Gasteiger partial charge in [-0.2, -0.15) is 8.42 Å². The van der Waals surface area contributed by atoms with E-state index in [9.17, 15) is 8.42 Å². The maximum Gasteiger partial charge on any atom is 0.306 e. The van der Waals surface area contributed by atoms with Crippen molar-refractivity contribution in [3.05, 3.63) is 49.2 Å². The summed E-state index contributed by atoms with van der Waals surface area (Å²) >= 11 is 0. The lowest BCUT2D eigenvalue weighted by Crippen LogP contribution is -2.05. The Morgan fingerprint density at radius 1 is 1.25 bits per heavy atom. The molecule has 2 aromatic rings. The lowest BCUT2D eigenvalue weighted by Gasteiger charge is -1.99. The van der Waals surface area contributed by atoms with Crippen molar-refractivity contribution in [3.63, 3.8) is 0 Å². The van der Waals surface area contributed by atoms with Crippen molar-refractivity contribution < 1.29 is 17.0 Å². The van der Waals surface area contributed by atoms with Crippen LogP contribution >= 0.6 is 0 Å². The smallest absolute Gasteiger partial charge is 0.306 e. The Labute approximate surface area is 93.8 Å². The molecule has 2 rings (SSSR count). The Morgan fingerprint density at radius 2 is 1.94 bits per heavy atom. The second kappa shape index (κ2) is 5.92. The zero-order chi connectivity index (χ0) is 11.9. The summed E-state index contributed by atoms with van der Waals surface area (Å²) in [4.78, 5) is 3.56. The van der Waals surface area contributed by atoms with Crippen LogP contribution in [0.5, 0.6) is 5.75 Å². The normalized spacial score (nSPS) is 10.1. The fraction of sp³-hybridized carbons (Fsp3) is 0.100. The van der Waals surface area contributed by atoms with Crippen molar-refractivity contribution in [3.8, 4) is 5.75 Å². The number of para-hydroxylation sites is 1. The number of oxazole rings is 1. The van der Waals surface area contributed by atoms with Crippen LogP contribution in [0, 0.1) is 0 Å². The summed E-state index contributed by atoms with van der Waals surface area (Å²) in [5.74, 6) is 0.343. The minimum atomic E-state index is -3.38. The minimum absolute atomic E-state index is 0.343. The average molecular weight is 241 g/mol. The van der Waals surface area contributed by atoms with E-state index in [0.29, 0.717) is 5.75 Å². The summed E-state index contributed by atoms with van der Waals surface area (Å²) in [7, 11) is -3.38. The summed E-state index contributed by atoms with van der Waals surface area (Å²) < 4.78 is 30.2. The van der Waals surface area contributed by atoms with E-state index in [0.717, 1.165) is 6.26 Å². The van der Waals surface area contributed by atoms with Crippen molar-refractivity contribution in [1.29, 1.82) is 0 Å². The lowest BCUT2D eigenvalue weighted by atomic mass is 10.3. The van der Waals surface area contributed by atoms with Crippen LogP contribution in [0.1, 0.15) is 0 Å². The van der Waals surface area contributed by atoms with Crippen molar-refractivity contribution in [2.45, 2.75) is 0 Å². The van der Waals surface area contributed by atoms with Gasteiger partial charge in [-0.1, -0.05) is 18.2 Å². The molecule has 0 bridgehead atoms. The second-order valence-electron chi connectivity index (χ2n) is 2.78. The molecule has 1 heterocycles. The molecule has 0 N–H and O–H groups in total. The topological polar surface area (TPSA) is 69.4 Å². The Balaban J connectivity index is 0.000000212. The summed E-state index contributed by atoms with van der Waals surface area (Å²) in [5.41, 5.74) is 0. The highest BCUT2D eigenvalue weighted by atomic mass is 32.2. The Hall–Kier alpha value is -1.82. The molecule has 0 aliphatic heterocycles. The third-order valence-electron chi connectivity index (χ3n) is 1.34. The van der Waals surface area contributed by atoms with Gasteiger partial charge in [0.1, 0.15) is 12.0 Å². The molecule has 0 unspecified atom stereocenters. The first-order chi connectivity index (χ1) is 7.58. The molecular formula is C10H11NO4S. The fourth-order valence-electron chi connectivity index (χ4n) is 0.827. The minimum Gasteiger partial charge on any atom is -0.452 e. The maximum absolute atomic E-state index is 10.6. The molecule has 0 fully saturated rings. The molecule has 1 aromatic heterocycles. The zero-order valence-electron chi connectivity index (χ0n) is 8.61. The molecule has 0 aliphatic carbocycles. The third kappa shape index (κ3) is 5.82. The molecule has 0 radical (unpaired) electrons. The van der Waals surface area contributed by atoms with Gasteiger partial charge in [0.05, 0.1) is 12.5 Å². The van der Waals surface area contributed by atoms with Crippen molar-refractivity contribution in [2.75, 3.05) is 6.26 Å². The van der Waals surface area contributed by atoms with Crippen LogP contribution in [0.4, 0.5) is 0 Å². The Bertz CT molecular complexity index is 462. The van der Waals surface area contributed by atoms with Gasteiger partial charge in [-0.05, 0) is 12.1 Å². The largest absolute Gasteiger partial charge is 0.452 e. The molecule has 0 aliphatic rings. The van der Waals surface area contributed by atoms with E-state index in [1.165, 1.54) is 12.7 Å². The number of hydrogen-bond acceptors (Lipinski definition) is 5. The van der Waals surface area contributed by atoms with Gasteiger partial charge in [0.2, 0.25) is 0 Å². The number of hydrogen-bond donors (Lipinski definition) is 0. The van der Waals surface area contributed by atoms with Crippen LogP contribution in [-0.4, -0.2) is 19.7 Å². The van der Waals surface area contributed by atoms with Crippen LogP contribution in [-0.2, 0) is 10.1 Å². The lowest BCUT2D eigenvalue weighted by molar-refractivity contribution is 0.493. The Kier molecular flexibility index (Phi) is 4.53. The van der Waals surface area contributed by atoms with E-state index < -0.39 is 10.1 Å². The number of rotatable bonds is 2. The monoisotopic (exact) mass is 241 g/mol. The van der Waals surface area contributed by atoms with E-state index in [1.807, 2.05) is 0 Å². The van der Waals surface area contributed by atoms with Gasteiger partial charge < -0.3 is 8.60 Å². The van der Waals surface area contributed by atoms with Crippen molar-refractivity contribution in [1.82, 2.24) is 4.98 Å². The Morgan fingerprint density at radius 3 is 2.31 bits per heavy atom. The fourth-order valence-corrected chi connectivity index (χ4v) is 1.29. The molecule has 1 aromatic carbocycles. The first kappa shape index (κ1) is 12.3. The predicted octanol–water partition coefficient (Wildman–Crippen LogP) is 1.70. The molecule has 5 nitrogen and oxygen atoms in total. The van der Waals surface area contributed by atoms with E-state index in [-0.39, 0.29) is 0 Å². The van der Waals surface area contributed by atoms with Gasteiger partial charge in [-0.15, -0.1) is 0 Å². The van der Waals surface area contributed by atoms with E-state index in [4.69, 9.17) is 0 Å². The standard InChI is InChI=1S/C7H8O3S.C3H3NO/c1-11(8,9)10-7-5-3-2-4-6-7;1-2-5-3-4-1/h2-6H,1H3;1-3H. The zero-order valence-corrected chi connectivity index (χ0v) is 9.42. The van der Waals surface area contributed by atoms with Crippen molar-refractivity contribution >= 4 is 10.1 Å². The number of benzene rings is 1. The maximum atomic E-state index is 10.6.